The first kappa shape index (κ1) is 13.1. The molecule has 0 amide bonds. The molecule has 0 bridgehead atoms. The minimum absolute atomic E-state index is 0.150. The topological polar surface area (TPSA) is 88.8 Å². The lowest BCUT2D eigenvalue weighted by atomic mass is 9.87. The van der Waals surface area contributed by atoms with E-state index >= 15 is 0 Å². The highest BCUT2D eigenvalue weighted by Gasteiger charge is 2.44. The molecule has 0 aliphatic carbocycles. The summed E-state index contributed by atoms with van der Waals surface area (Å²) in [6.45, 7) is 1.94. The monoisotopic (exact) mass is 277 g/mol. The van der Waals surface area contributed by atoms with Gasteiger partial charge in [0.05, 0.1) is 17.4 Å². The van der Waals surface area contributed by atoms with Gasteiger partial charge in [-0.3, -0.25) is 4.79 Å². The molecular formula is C14H15NO5. The number of allylic oxidation sites excluding steroid dienone is 1. The summed E-state index contributed by atoms with van der Waals surface area (Å²) in [6, 6.07) is 1.54. The van der Waals surface area contributed by atoms with Crippen LogP contribution >= 0.6 is 0 Å². The molecule has 6 nitrogen and oxygen atoms in total. The Bertz CT molecular complexity index is 675. The Morgan fingerprint density at radius 1 is 1.50 bits per heavy atom. The Labute approximate surface area is 114 Å². The van der Waals surface area contributed by atoms with Gasteiger partial charge in [-0.25, -0.2) is 4.79 Å². The van der Waals surface area contributed by atoms with Crippen molar-refractivity contribution in [1.29, 1.82) is 0 Å². The Hall–Kier alpha value is -1.92. The van der Waals surface area contributed by atoms with Crippen LogP contribution in [-0.2, 0) is 28.3 Å². The quantitative estimate of drug-likeness (QED) is 0.561. The number of cyclic esters (lactones) is 1. The van der Waals surface area contributed by atoms with Crippen LogP contribution in [0.5, 0.6) is 0 Å². The molecule has 106 valence electrons. The summed E-state index contributed by atoms with van der Waals surface area (Å²) in [5.41, 5.74) is -1.36. The van der Waals surface area contributed by atoms with Gasteiger partial charge in [-0.1, -0.05) is 6.08 Å². The largest absolute Gasteiger partial charge is 0.458 e. The number of pyridine rings is 1. The summed E-state index contributed by atoms with van der Waals surface area (Å²) < 4.78 is 6.39. The second kappa shape index (κ2) is 4.29. The summed E-state index contributed by atoms with van der Waals surface area (Å²) in [5, 5.41) is 20.4. The van der Waals surface area contributed by atoms with E-state index in [4.69, 9.17) is 4.74 Å². The average Bonchev–Trinajstić information content (AvgIpc) is 2.78. The van der Waals surface area contributed by atoms with Gasteiger partial charge >= 0.3 is 5.97 Å². The van der Waals surface area contributed by atoms with Crippen LogP contribution in [0.15, 0.2) is 23.0 Å². The number of ether oxygens (including phenoxy) is 1. The summed E-state index contributed by atoms with van der Waals surface area (Å²) in [7, 11) is 0. The van der Waals surface area contributed by atoms with Crippen molar-refractivity contribution in [3.05, 3.63) is 45.4 Å². The second-order valence-corrected chi connectivity index (χ2v) is 5.07. The van der Waals surface area contributed by atoms with Gasteiger partial charge in [0.2, 0.25) is 5.60 Å². The predicted octanol–water partition coefficient (Wildman–Crippen LogP) is 0.106. The molecule has 0 saturated carbocycles. The first-order chi connectivity index (χ1) is 9.49. The predicted molar refractivity (Wildman–Crippen MR) is 68.8 cm³/mol. The third-order valence-corrected chi connectivity index (χ3v) is 3.88. The highest BCUT2D eigenvalue weighted by atomic mass is 16.6. The van der Waals surface area contributed by atoms with E-state index in [0.29, 0.717) is 18.7 Å². The molecule has 0 saturated heterocycles. The number of nitrogens with zero attached hydrogens (tertiary/aromatic N) is 1. The fourth-order valence-electron chi connectivity index (χ4n) is 2.85. The highest BCUT2D eigenvalue weighted by Crippen LogP contribution is 2.35. The lowest BCUT2D eigenvalue weighted by Gasteiger charge is -2.30. The molecule has 2 aliphatic heterocycles. The van der Waals surface area contributed by atoms with Crippen molar-refractivity contribution in [3.8, 4) is 0 Å². The Morgan fingerprint density at radius 3 is 2.95 bits per heavy atom. The zero-order valence-electron chi connectivity index (χ0n) is 11.0. The van der Waals surface area contributed by atoms with E-state index in [0.717, 1.165) is 0 Å². The van der Waals surface area contributed by atoms with Gasteiger partial charge in [-0.05, 0) is 25.5 Å². The number of hydrogen-bond acceptors (Lipinski definition) is 5. The molecular weight excluding hydrogens is 262 g/mol. The highest BCUT2D eigenvalue weighted by molar-refractivity contribution is 5.85. The third-order valence-electron chi connectivity index (χ3n) is 3.88. The van der Waals surface area contributed by atoms with Crippen molar-refractivity contribution < 1.29 is 19.7 Å². The normalized spacial score (nSPS) is 28.4. The van der Waals surface area contributed by atoms with E-state index < -0.39 is 17.7 Å². The number of rotatable bonds is 1. The lowest BCUT2D eigenvalue weighted by molar-refractivity contribution is -0.166. The zero-order valence-corrected chi connectivity index (χ0v) is 11.0. The molecule has 20 heavy (non-hydrogen) atoms. The van der Waals surface area contributed by atoms with Gasteiger partial charge in [0.1, 0.15) is 6.61 Å². The number of aliphatic hydroxyl groups is 2. The Morgan fingerprint density at radius 2 is 2.25 bits per heavy atom. The van der Waals surface area contributed by atoms with Crippen molar-refractivity contribution in [2.75, 3.05) is 0 Å². The molecule has 0 spiro atoms. The maximum absolute atomic E-state index is 12.4. The number of carbonyl (C=O) groups excluding carboxylic acids is 1. The molecule has 3 rings (SSSR count). The molecule has 1 unspecified atom stereocenters. The van der Waals surface area contributed by atoms with Crippen molar-refractivity contribution in [2.24, 2.45) is 0 Å². The standard InChI is InChI=1S/C14H15NO5/c1-2-4-14(19)9-6-10-11(16)3-5-15(10)12(17)8(9)7-20-13(14)18/h2,4,6,11,16,19H,3,5,7H2,1H3/b4-2+/t11?,14-/m0/s1. The molecule has 2 aliphatic rings. The lowest BCUT2D eigenvalue weighted by Crippen LogP contribution is -2.43. The van der Waals surface area contributed by atoms with Crippen LogP contribution in [0.25, 0.3) is 0 Å². The maximum atomic E-state index is 12.4. The minimum Gasteiger partial charge on any atom is -0.458 e. The average molecular weight is 277 g/mol. The van der Waals surface area contributed by atoms with Gasteiger partial charge in [-0.2, -0.15) is 0 Å². The first-order valence-electron chi connectivity index (χ1n) is 6.47. The number of fused-ring (bicyclic) bond motifs is 2. The van der Waals surface area contributed by atoms with Crippen LogP contribution in [0.2, 0.25) is 0 Å². The van der Waals surface area contributed by atoms with Crippen molar-refractivity contribution in [2.45, 2.75) is 38.2 Å². The van der Waals surface area contributed by atoms with E-state index in [-0.39, 0.29) is 23.3 Å². The molecule has 3 heterocycles. The van der Waals surface area contributed by atoms with E-state index in [1.807, 2.05) is 0 Å². The van der Waals surface area contributed by atoms with Crippen LogP contribution in [0.4, 0.5) is 0 Å². The third kappa shape index (κ3) is 1.58. The SMILES string of the molecule is C/C=C/[C@@]1(O)C(=O)OCc2c1cc1n(c2=O)CCC1O. The summed E-state index contributed by atoms with van der Waals surface area (Å²) in [4.78, 5) is 24.2. The fourth-order valence-corrected chi connectivity index (χ4v) is 2.85. The number of carbonyl (C=O) groups is 1. The number of esters is 1. The molecule has 0 radical (unpaired) electrons. The van der Waals surface area contributed by atoms with Gasteiger partial charge in [0.25, 0.3) is 5.56 Å². The number of hydrogen-bond donors (Lipinski definition) is 2. The molecule has 1 aromatic rings. The number of aliphatic hydroxyl groups excluding tert-OH is 1. The summed E-state index contributed by atoms with van der Waals surface area (Å²) >= 11 is 0. The Balaban J connectivity index is 2.31. The molecule has 2 atom stereocenters. The van der Waals surface area contributed by atoms with Crippen LogP contribution in [0.1, 0.15) is 36.3 Å². The fraction of sp³-hybridized carbons (Fsp3) is 0.429. The van der Waals surface area contributed by atoms with Gasteiger partial charge in [-0.15, -0.1) is 0 Å². The minimum atomic E-state index is -1.96. The number of aromatic nitrogens is 1. The molecule has 6 heteroatoms. The van der Waals surface area contributed by atoms with E-state index in [2.05, 4.69) is 0 Å². The van der Waals surface area contributed by atoms with E-state index in [1.54, 1.807) is 6.92 Å². The smallest absolute Gasteiger partial charge is 0.347 e. The Kier molecular flexibility index (Phi) is 2.81. The molecule has 0 fully saturated rings. The van der Waals surface area contributed by atoms with Crippen LogP contribution in [-0.4, -0.2) is 20.7 Å². The van der Waals surface area contributed by atoms with Gasteiger partial charge < -0.3 is 19.5 Å². The second-order valence-electron chi connectivity index (χ2n) is 5.07. The maximum Gasteiger partial charge on any atom is 0.347 e. The molecule has 0 aromatic carbocycles. The van der Waals surface area contributed by atoms with Crippen molar-refractivity contribution >= 4 is 5.97 Å². The zero-order chi connectivity index (χ0) is 14.5. The van der Waals surface area contributed by atoms with E-state index in [9.17, 15) is 19.8 Å². The van der Waals surface area contributed by atoms with Gasteiger partial charge in [0, 0.05) is 12.1 Å². The summed E-state index contributed by atoms with van der Waals surface area (Å²) in [6.07, 6.45) is 2.53. The van der Waals surface area contributed by atoms with Crippen LogP contribution in [0.3, 0.4) is 0 Å². The van der Waals surface area contributed by atoms with Crippen molar-refractivity contribution in [3.63, 3.8) is 0 Å². The van der Waals surface area contributed by atoms with Crippen molar-refractivity contribution in [1.82, 2.24) is 4.57 Å². The molecule has 1 aromatic heterocycles. The molecule has 2 N–H and O–H groups in total. The van der Waals surface area contributed by atoms with Gasteiger partial charge in [0.15, 0.2) is 0 Å². The van der Waals surface area contributed by atoms with E-state index in [1.165, 1.54) is 22.8 Å². The van der Waals surface area contributed by atoms with Crippen LogP contribution < -0.4 is 5.56 Å². The first-order valence-corrected chi connectivity index (χ1v) is 6.47. The van der Waals surface area contributed by atoms with Crippen LogP contribution in [0, 0.1) is 0 Å². The summed E-state index contributed by atoms with van der Waals surface area (Å²) in [5.74, 6) is -0.806.